The largest absolute Gasteiger partial charge is 0.387 e. The third-order valence-corrected chi connectivity index (χ3v) is 4.90. The molecule has 0 fully saturated rings. The highest BCUT2D eigenvalue weighted by molar-refractivity contribution is 5.94. The number of likely N-dealkylation sites (N-methyl/N-ethyl adjacent to an activating group) is 1. The van der Waals surface area contributed by atoms with Crippen molar-refractivity contribution in [1.82, 2.24) is 10.3 Å². The van der Waals surface area contributed by atoms with Crippen LogP contribution in [0.1, 0.15) is 27.7 Å². The van der Waals surface area contributed by atoms with Gasteiger partial charge >= 0.3 is 0 Å². The molecule has 0 saturated carbocycles. The predicted molar refractivity (Wildman–Crippen MR) is 102 cm³/mol. The van der Waals surface area contributed by atoms with Crippen LogP contribution in [0.15, 0.2) is 54.6 Å². The molecule has 0 bridgehead atoms. The summed E-state index contributed by atoms with van der Waals surface area (Å²) in [5.74, 6) is -0.282. The molecule has 0 spiro atoms. The third kappa shape index (κ3) is 3.13. The second kappa shape index (κ2) is 6.77. The summed E-state index contributed by atoms with van der Waals surface area (Å²) >= 11 is 0. The average molecular weight is 347 g/mol. The van der Waals surface area contributed by atoms with Gasteiger partial charge in [0.15, 0.2) is 0 Å². The molecule has 1 atom stereocenters. The van der Waals surface area contributed by atoms with Crippen molar-refractivity contribution in [2.75, 3.05) is 25.0 Å². The number of aromatic nitrogens is 1. The van der Waals surface area contributed by atoms with E-state index in [1.165, 1.54) is 11.3 Å². The Balaban J connectivity index is 1.43. The molecule has 2 heterocycles. The van der Waals surface area contributed by atoms with E-state index in [4.69, 9.17) is 0 Å². The maximum atomic E-state index is 12.4. The van der Waals surface area contributed by atoms with Gasteiger partial charge in [0.25, 0.3) is 5.91 Å². The van der Waals surface area contributed by atoms with Crippen molar-refractivity contribution in [3.8, 4) is 0 Å². The number of nitrogens with one attached hydrogen (secondary N) is 1. The second-order valence-corrected chi connectivity index (χ2v) is 6.67. The highest BCUT2D eigenvalue weighted by Gasteiger charge is 2.18. The Bertz CT molecular complexity index is 970. The molecule has 0 radical (unpaired) electrons. The number of benzene rings is 2. The van der Waals surface area contributed by atoms with Gasteiger partial charge in [-0.05, 0) is 35.7 Å². The maximum Gasteiger partial charge on any atom is 0.270 e. The normalized spacial score (nSPS) is 14.3. The number of carbonyl (C=O) groups excluding carboxylic acids is 1. The highest BCUT2D eigenvalue weighted by atomic mass is 16.3. The van der Waals surface area contributed by atoms with Crippen LogP contribution in [0.3, 0.4) is 0 Å². The molecule has 1 amide bonds. The van der Waals surface area contributed by atoms with Gasteiger partial charge in [0.05, 0.1) is 11.6 Å². The van der Waals surface area contributed by atoms with Gasteiger partial charge in [-0.1, -0.05) is 36.4 Å². The fraction of sp³-hybridized carbons (Fsp3) is 0.238. The van der Waals surface area contributed by atoms with Crippen molar-refractivity contribution in [2.45, 2.75) is 12.5 Å². The zero-order valence-electron chi connectivity index (χ0n) is 14.6. The molecule has 2 aromatic carbocycles. The summed E-state index contributed by atoms with van der Waals surface area (Å²) in [5.41, 5.74) is 4.41. The van der Waals surface area contributed by atoms with E-state index in [2.05, 4.69) is 22.2 Å². The number of hydrogen-bond donors (Lipinski definition) is 2. The molecule has 1 aromatic heterocycles. The number of aliphatic hydroxyl groups is 1. The minimum absolute atomic E-state index is 0.155. The van der Waals surface area contributed by atoms with Crippen molar-refractivity contribution < 1.29 is 9.90 Å². The number of anilines is 1. The van der Waals surface area contributed by atoms with Crippen molar-refractivity contribution in [3.05, 3.63) is 71.4 Å². The fourth-order valence-corrected chi connectivity index (χ4v) is 3.38. The average Bonchev–Trinajstić information content (AvgIpc) is 3.05. The Hall–Kier alpha value is -2.92. The first kappa shape index (κ1) is 16.5. The summed E-state index contributed by atoms with van der Waals surface area (Å²) in [6, 6.07) is 17.2. The smallest absolute Gasteiger partial charge is 0.270 e. The van der Waals surface area contributed by atoms with Crippen molar-refractivity contribution in [3.63, 3.8) is 0 Å². The van der Waals surface area contributed by atoms with Gasteiger partial charge in [-0.15, -0.1) is 0 Å². The quantitative estimate of drug-likeness (QED) is 0.762. The lowest BCUT2D eigenvalue weighted by Crippen LogP contribution is -2.29. The lowest BCUT2D eigenvalue weighted by molar-refractivity contribution is 0.0911. The summed E-state index contributed by atoms with van der Waals surface area (Å²) in [7, 11) is 2.07. The zero-order chi connectivity index (χ0) is 18.1. The molecule has 1 unspecified atom stereocenters. The van der Waals surface area contributed by atoms with Crippen LogP contribution in [0.25, 0.3) is 10.9 Å². The molecule has 4 rings (SSSR count). The summed E-state index contributed by atoms with van der Waals surface area (Å²) in [4.78, 5) is 19.0. The Morgan fingerprint density at radius 2 is 2.08 bits per heavy atom. The van der Waals surface area contributed by atoms with Gasteiger partial charge in [0, 0.05) is 31.2 Å². The molecule has 5 heteroatoms. The number of hydrogen-bond acceptors (Lipinski definition) is 4. The molecule has 0 saturated heterocycles. The number of nitrogens with zero attached hydrogens (tertiary/aromatic N) is 2. The van der Waals surface area contributed by atoms with E-state index < -0.39 is 6.10 Å². The van der Waals surface area contributed by atoms with Crippen LogP contribution in [0, 0.1) is 0 Å². The van der Waals surface area contributed by atoms with E-state index in [0.29, 0.717) is 5.69 Å². The molecule has 0 aliphatic carbocycles. The standard InChI is InChI=1S/C21H21N3O2/c1-24-11-10-15-12-16(7-9-19(15)24)20(25)13-22-21(26)18-8-6-14-4-2-3-5-17(14)23-18/h2-9,12,20,25H,10-11,13H2,1H3,(H,22,26). The van der Waals surface area contributed by atoms with Crippen molar-refractivity contribution in [2.24, 2.45) is 0 Å². The molecule has 132 valence electrons. The number of para-hydroxylation sites is 1. The summed E-state index contributed by atoms with van der Waals surface area (Å²) in [5, 5.41) is 14.2. The second-order valence-electron chi connectivity index (χ2n) is 6.67. The van der Waals surface area contributed by atoms with Gasteiger partial charge < -0.3 is 15.3 Å². The number of amides is 1. The Morgan fingerprint density at radius 1 is 1.23 bits per heavy atom. The first-order chi connectivity index (χ1) is 12.6. The lowest BCUT2D eigenvalue weighted by atomic mass is 10.0. The number of pyridine rings is 1. The van der Waals surface area contributed by atoms with Crippen LogP contribution < -0.4 is 10.2 Å². The van der Waals surface area contributed by atoms with E-state index in [1.54, 1.807) is 6.07 Å². The Morgan fingerprint density at radius 3 is 2.96 bits per heavy atom. The number of rotatable bonds is 4. The van der Waals surface area contributed by atoms with E-state index >= 15 is 0 Å². The predicted octanol–water partition coefficient (Wildman–Crippen LogP) is 2.69. The monoisotopic (exact) mass is 347 g/mol. The van der Waals surface area contributed by atoms with E-state index in [0.717, 1.165) is 29.4 Å². The van der Waals surface area contributed by atoms with Crippen LogP contribution in [0.4, 0.5) is 5.69 Å². The van der Waals surface area contributed by atoms with Gasteiger partial charge in [0.2, 0.25) is 0 Å². The zero-order valence-corrected chi connectivity index (χ0v) is 14.6. The number of fused-ring (bicyclic) bond motifs is 2. The molecule has 26 heavy (non-hydrogen) atoms. The summed E-state index contributed by atoms with van der Waals surface area (Å²) in [6.07, 6.45) is 0.246. The molecule has 1 aliphatic rings. The Labute approximate surface area is 152 Å². The lowest BCUT2D eigenvalue weighted by Gasteiger charge is -2.15. The van der Waals surface area contributed by atoms with Gasteiger partial charge in [-0.2, -0.15) is 0 Å². The SMILES string of the molecule is CN1CCc2cc(C(O)CNC(=O)c3ccc4ccccc4n3)ccc21. The van der Waals surface area contributed by atoms with E-state index in [1.807, 2.05) is 48.5 Å². The maximum absolute atomic E-state index is 12.4. The molecular formula is C21H21N3O2. The fourth-order valence-electron chi connectivity index (χ4n) is 3.38. The van der Waals surface area contributed by atoms with Crippen LogP contribution in [-0.4, -0.2) is 36.1 Å². The van der Waals surface area contributed by atoms with Crippen LogP contribution >= 0.6 is 0 Å². The summed E-state index contributed by atoms with van der Waals surface area (Å²) in [6.45, 7) is 1.15. The van der Waals surface area contributed by atoms with Crippen LogP contribution in [0.2, 0.25) is 0 Å². The first-order valence-electron chi connectivity index (χ1n) is 8.78. The number of carbonyl (C=O) groups is 1. The van der Waals surface area contributed by atoms with Crippen LogP contribution in [-0.2, 0) is 6.42 Å². The van der Waals surface area contributed by atoms with Crippen molar-refractivity contribution in [1.29, 1.82) is 0 Å². The van der Waals surface area contributed by atoms with E-state index in [-0.39, 0.29) is 12.5 Å². The molecular weight excluding hydrogens is 326 g/mol. The van der Waals surface area contributed by atoms with Gasteiger partial charge in [-0.25, -0.2) is 4.98 Å². The molecule has 3 aromatic rings. The molecule has 1 aliphatic heterocycles. The molecule has 5 nitrogen and oxygen atoms in total. The third-order valence-electron chi connectivity index (χ3n) is 4.90. The Kier molecular flexibility index (Phi) is 4.31. The first-order valence-corrected chi connectivity index (χ1v) is 8.78. The topological polar surface area (TPSA) is 65.5 Å². The highest BCUT2D eigenvalue weighted by Crippen LogP contribution is 2.29. The van der Waals surface area contributed by atoms with Crippen molar-refractivity contribution >= 4 is 22.5 Å². The van der Waals surface area contributed by atoms with E-state index in [9.17, 15) is 9.90 Å². The number of aliphatic hydroxyl groups excluding tert-OH is 1. The van der Waals surface area contributed by atoms with Crippen LogP contribution in [0.5, 0.6) is 0 Å². The van der Waals surface area contributed by atoms with Gasteiger partial charge in [-0.3, -0.25) is 4.79 Å². The minimum atomic E-state index is -0.740. The van der Waals surface area contributed by atoms with Gasteiger partial charge in [0.1, 0.15) is 5.69 Å². The summed E-state index contributed by atoms with van der Waals surface area (Å²) < 4.78 is 0. The molecule has 2 N–H and O–H groups in total. The minimum Gasteiger partial charge on any atom is -0.387 e.